The SMILES string of the molecule is OC(CCOc1ccccc1)C1CCOC2(CCSC2)C1. The lowest BCUT2D eigenvalue weighted by molar-refractivity contribution is -0.103. The normalized spacial score (nSPS) is 30.4. The maximum atomic E-state index is 10.5. The monoisotopic (exact) mass is 308 g/mol. The summed E-state index contributed by atoms with van der Waals surface area (Å²) in [6, 6.07) is 9.80. The van der Waals surface area contributed by atoms with Crippen LogP contribution >= 0.6 is 11.8 Å². The average Bonchev–Trinajstić information content (AvgIpc) is 2.96. The zero-order chi connectivity index (χ0) is 14.5. The van der Waals surface area contributed by atoms with Crippen molar-refractivity contribution in [2.75, 3.05) is 24.7 Å². The van der Waals surface area contributed by atoms with E-state index in [1.54, 1.807) is 0 Å². The first kappa shape index (κ1) is 15.2. The molecule has 2 saturated heterocycles. The van der Waals surface area contributed by atoms with E-state index < -0.39 is 0 Å². The predicted molar refractivity (Wildman–Crippen MR) is 85.9 cm³/mol. The van der Waals surface area contributed by atoms with Crippen LogP contribution in [0.5, 0.6) is 5.75 Å². The lowest BCUT2D eigenvalue weighted by atomic mass is 9.81. The Bertz CT molecular complexity index is 431. The van der Waals surface area contributed by atoms with Gasteiger partial charge in [-0.15, -0.1) is 0 Å². The number of thioether (sulfide) groups is 1. The molecule has 2 aliphatic heterocycles. The largest absolute Gasteiger partial charge is 0.493 e. The Balaban J connectivity index is 1.45. The summed E-state index contributed by atoms with van der Waals surface area (Å²) in [7, 11) is 0. The fourth-order valence-electron chi connectivity index (χ4n) is 3.31. The number of para-hydroxylation sites is 1. The lowest BCUT2D eigenvalue weighted by Gasteiger charge is -2.39. The van der Waals surface area contributed by atoms with Crippen molar-refractivity contribution in [3.8, 4) is 5.75 Å². The Morgan fingerprint density at radius 1 is 1.38 bits per heavy atom. The van der Waals surface area contributed by atoms with E-state index in [1.807, 2.05) is 42.1 Å². The van der Waals surface area contributed by atoms with Gasteiger partial charge in [0.1, 0.15) is 5.75 Å². The van der Waals surface area contributed by atoms with E-state index in [-0.39, 0.29) is 11.7 Å². The molecule has 1 aromatic rings. The van der Waals surface area contributed by atoms with E-state index in [2.05, 4.69) is 0 Å². The number of aliphatic hydroxyl groups is 1. The third kappa shape index (κ3) is 3.93. The molecule has 3 atom stereocenters. The lowest BCUT2D eigenvalue weighted by Crippen LogP contribution is -2.43. The smallest absolute Gasteiger partial charge is 0.119 e. The second-order valence-corrected chi connectivity index (χ2v) is 7.21. The molecule has 2 heterocycles. The molecule has 1 aromatic carbocycles. The van der Waals surface area contributed by atoms with Crippen molar-refractivity contribution in [2.45, 2.75) is 37.4 Å². The van der Waals surface area contributed by atoms with Crippen molar-refractivity contribution in [2.24, 2.45) is 5.92 Å². The maximum Gasteiger partial charge on any atom is 0.119 e. The molecule has 0 amide bonds. The second kappa shape index (κ2) is 7.03. The topological polar surface area (TPSA) is 38.7 Å². The quantitative estimate of drug-likeness (QED) is 0.907. The summed E-state index contributed by atoms with van der Waals surface area (Å²) in [4.78, 5) is 0. The number of benzene rings is 1. The van der Waals surface area contributed by atoms with Gasteiger partial charge in [0, 0.05) is 18.8 Å². The highest BCUT2D eigenvalue weighted by Gasteiger charge is 2.42. The molecule has 116 valence electrons. The second-order valence-electron chi connectivity index (χ2n) is 6.10. The van der Waals surface area contributed by atoms with Crippen molar-refractivity contribution in [1.82, 2.24) is 0 Å². The molecule has 3 nitrogen and oxygen atoms in total. The summed E-state index contributed by atoms with van der Waals surface area (Å²) >= 11 is 1.98. The van der Waals surface area contributed by atoms with Gasteiger partial charge >= 0.3 is 0 Å². The van der Waals surface area contributed by atoms with E-state index in [4.69, 9.17) is 9.47 Å². The Morgan fingerprint density at radius 3 is 3.00 bits per heavy atom. The fraction of sp³-hybridized carbons (Fsp3) is 0.647. The van der Waals surface area contributed by atoms with E-state index in [0.717, 1.165) is 37.4 Å². The van der Waals surface area contributed by atoms with Gasteiger partial charge in [0.25, 0.3) is 0 Å². The van der Waals surface area contributed by atoms with E-state index >= 15 is 0 Å². The summed E-state index contributed by atoms with van der Waals surface area (Å²) in [6.07, 6.45) is 3.54. The predicted octanol–water partition coefficient (Wildman–Crippen LogP) is 3.12. The molecule has 1 spiro atoms. The Hall–Kier alpha value is -0.710. The van der Waals surface area contributed by atoms with Crippen LogP contribution in [0.15, 0.2) is 30.3 Å². The van der Waals surface area contributed by atoms with Gasteiger partial charge in [-0.25, -0.2) is 0 Å². The van der Waals surface area contributed by atoms with Crippen LogP contribution in [0.25, 0.3) is 0 Å². The minimum Gasteiger partial charge on any atom is -0.493 e. The van der Waals surface area contributed by atoms with Gasteiger partial charge in [-0.2, -0.15) is 11.8 Å². The zero-order valence-corrected chi connectivity index (χ0v) is 13.2. The number of rotatable bonds is 5. The summed E-state index contributed by atoms with van der Waals surface area (Å²) in [5.41, 5.74) is 0.0504. The van der Waals surface area contributed by atoms with Crippen LogP contribution in [0.1, 0.15) is 25.7 Å². The van der Waals surface area contributed by atoms with Crippen LogP contribution in [0, 0.1) is 5.92 Å². The molecule has 4 heteroatoms. The van der Waals surface area contributed by atoms with Gasteiger partial charge in [-0.3, -0.25) is 0 Å². The first-order valence-electron chi connectivity index (χ1n) is 7.85. The molecule has 0 aliphatic carbocycles. The number of ether oxygens (including phenoxy) is 2. The standard InChI is InChI=1S/C17H24O3S/c18-16(7-9-19-15-4-2-1-3-5-15)14-6-10-20-17(12-14)8-11-21-13-17/h1-5,14,16,18H,6-13H2. The van der Waals surface area contributed by atoms with Crippen LogP contribution in [0.2, 0.25) is 0 Å². The van der Waals surface area contributed by atoms with Crippen molar-refractivity contribution >= 4 is 11.8 Å². The Labute approximate surface area is 131 Å². The van der Waals surface area contributed by atoms with Gasteiger partial charge in [-0.1, -0.05) is 18.2 Å². The van der Waals surface area contributed by atoms with Gasteiger partial charge in [0.05, 0.1) is 18.3 Å². The minimum atomic E-state index is -0.278. The van der Waals surface area contributed by atoms with Gasteiger partial charge in [0.2, 0.25) is 0 Å². The highest BCUT2D eigenvalue weighted by Crippen LogP contribution is 2.41. The van der Waals surface area contributed by atoms with Gasteiger partial charge in [-0.05, 0) is 43.1 Å². The molecule has 3 unspecified atom stereocenters. The third-order valence-electron chi connectivity index (χ3n) is 4.57. The van der Waals surface area contributed by atoms with Crippen LogP contribution in [-0.2, 0) is 4.74 Å². The first-order chi connectivity index (χ1) is 10.3. The molecule has 0 saturated carbocycles. The number of hydrogen-bond acceptors (Lipinski definition) is 4. The molecule has 0 aromatic heterocycles. The summed E-state index contributed by atoms with van der Waals surface area (Å²) in [5.74, 6) is 3.52. The fourth-order valence-corrected chi connectivity index (χ4v) is 4.69. The van der Waals surface area contributed by atoms with Crippen molar-refractivity contribution in [3.63, 3.8) is 0 Å². The zero-order valence-electron chi connectivity index (χ0n) is 12.4. The maximum absolute atomic E-state index is 10.5. The average molecular weight is 308 g/mol. The van der Waals surface area contributed by atoms with Crippen LogP contribution in [0.4, 0.5) is 0 Å². The van der Waals surface area contributed by atoms with E-state index in [9.17, 15) is 5.11 Å². The molecule has 21 heavy (non-hydrogen) atoms. The number of aliphatic hydroxyl groups excluding tert-OH is 1. The molecule has 0 radical (unpaired) electrons. The first-order valence-corrected chi connectivity index (χ1v) is 9.01. The molecule has 1 N–H and O–H groups in total. The van der Waals surface area contributed by atoms with E-state index in [0.29, 0.717) is 18.9 Å². The molecule has 0 bridgehead atoms. The molecular formula is C17H24O3S. The van der Waals surface area contributed by atoms with Crippen molar-refractivity contribution in [1.29, 1.82) is 0 Å². The van der Waals surface area contributed by atoms with Crippen molar-refractivity contribution < 1.29 is 14.6 Å². The third-order valence-corrected chi connectivity index (χ3v) is 5.79. The van der Waals surface area contributed by atoms with Crippen molar-refractivity contribution in [3.05, 3.63) is 30.3 Å². The molecule has 2 aliphatic rings. The van der Waals surface area contributed by atoms with E-state index in [1.165, 1.54) is 5.75 Å². The molecule has 2 fully saturated rings. The van der Waals surface area contributed by atoms with Crippen LogP contribution in [-0.4, -0.2) is 41.5 Å². The molecule has 3 rings (SSSR count). The van der Waals surface area contributed by atoms with Crippen LogP contribution < -0.4 is 4.74 Å². The summed E-state index contributed by atoms with van der Waals surface area (Å²) in [5, 5.41) is 10.5. The molecular weight excluding hydrogens is 284 g/mol. The Kier molecular flexibility index (Phi) is 5.09. The van der Waals surface area contributed by atoms with Crippen LogP contribution in [0.3, 0.4) is 0 Å². The Morgan fingerprint density at radius 2 is 2.24 bits per heavy atom. The van der Waals surface area contributed by atoms with Gasteiger partial charge in [0.15, 0.2) is 0 Å². The summed E-state index contributed by atoms with van der Waals surface area (Å²) < 4.78 is 11.7. The minimum absolute atomic E-state index is 0.0504. The highest BCUT2D eigenvalue weighted by molar-refractivity contribution is 7.99. The summed E-state index contributed by atoms with van der Waals surface area (Å²) in [6.45, 7) is 1.37. The number of hydrogen-bond donors (Lipinski definition) is 1. The highest BCUT2D eigenvalue weighted by atomic mass is 32.2. The van der Waals surface area contributed by atoms with Gasteiger partial charge < -0.3 is 14.6 Å².